The number of amides is 3. The Hall–Kier alpha value is -4.53. The molecule has 0 saturated heterocycles. The maximum atomic E-state index is 13.6. The summed E-state index contributed by atoms with van der Waals surface area (Å²) in [7, 11) is 0. The van der Waals surface area contributed by atoms with Crippen LogP contribution >= 0.6 is 0 Å². The highest BCUT2D eigenvalue weighted by Crippen LogP contribution is 2.30. The van der Waals surface area contributed by atoms with E-state index in [0.29, 0.717) is 12.0 Å². The molecule has 0 aliphatic carbocycles. The molecule has 8 nitrogen and oxygen atoms in total. The third-order valence-corrected chi connectivity index (χ3v) is 7.41. The molecule has 0 saturated carbocycles. The zero-order valence-electron chi connectivity index (χ0n) is 22.8. The number of carbonyl (C=O) groups excluding carboxylic acids is 3. The summed E-state index contributed by atoms with van der Waals surface area (Å²) in [6.07, 6.45) is 0.0199. The Morgan fingerprint density at radius 1 is 0.902 bits per heavy atom. The number of rotatable bonds is 10. The molecule has 4 aromatic rings. The van der Waals surface area contributed by atoms with E-state index in [9.17, 15) is 19.5 Å². The molecule has 5 N–H and O–H groups in total. The topological polar surface area (TPSA) is 125 Å². The number of nitrogens with zero attached hydrogens (tertiary/aromatic N) is 1. The second kappa shape index (κ2) is 12.8. The van der Waals surface area contributed by atoms with Crippen molar-refractivity contribution < 1.29 is 19.5 Å². The number of para-hydroxylation sites is 1. The summed E-state index contributed by atoms with van der Waals surface area (Å²) >= 11 is 0. The zero-order valence-corrected chi connectivity index (χ0v) is 22.8. The van der Waals surface area contributed by atoms with Gasteiger partial charge in [0.05, 0.1) is 6.10 Å². The van der Waals surface area contributed by atoms with Gasteiger partial charge in [0.2, 0.25) is 11.8 Å². The third-order valence-electron chi connectivity index (χ3n) is 7.41. The molecule has 41 heavy (non-hydrogen) atoms. The Kier molecular flexibility index (Phi) is 8.72. The van der Waals surface area contributed by atoms with Gasteiger partial charge >= 0.3 is 0 Å². The molecular formula is C33H34N4O4. The van der Waals surface area contributed by atoms with Crippen LogP contribution in [0, 0.1) is 0 Å². The fourth-order valence-electron chi connectivity index (χ4n) is 5.20. The molecule has 0 spiro atoms. The normalized spacial score (nSPS) is 14.0. The smallest absolute Gasteiger partial charge is 0.258 e. The molecule has 0 radical (unpaired) electrons. The van der Waals surface area contributed by atoms with Gasteiger partial charge in [0, 0.05) is 50.1 Å². The van der Waals surface area contributed by atoms with Gasteiger partial charge in [-0.15, -0.1) is 0 Å². The van der Waals surface area contributed by atoms with Crippen molar-refractivity contribution in [2.45, 2.75) is 31.4 Å². The Balaban J connectivity index is 1.32. The molecule has 1 aliphatic heterocycles. The van der Waals surface area contributed by atoms with Crippen molar-refractivity contribution >= 4 is 34.2 Å². The summed E-state index contributed by atoms with van der Waals surface area (Å²) in [5.74, 6) is -0.920. The lowest BCUT2D eigenvalue weighted by atomic mass is 10.0. The van der Waals surface area contributed by atoms with Crippen molar-refractivity contribution in [1.82, 2.24) is 10.6 Å². The molecular weight excluding hydrogens is 516 g/mol. The largest absolute Gasteiger partial charge is 0.390 e. The van der Waals surface area contributed by atoms with E-state index in [2.05, 4.69) is 10.6 Å². The van der Waals surface area contributed by atoms with Crippen molar-refractivity contribution in [2.24, 2.45) is 5.73 Å². The van der Waals surface area contributed by atoms with Gasteiger partial charge in [-0.3, -0.25) is 14.4 Å². The van der Waals surface area contributed by atoms with Gasteiger partial charge < -0.3 is 26.4 Å². The Labute approximate surface area is 239 Å². The number of nitrogens with two attached hydrogens (primary N) is 1. The number of hydrogen-bond donors (Lipinski definition) is 4. The Morgan fingerprint density at radius 3 is 2.41 bits per heavy atom. The lowest BCUT2D eigenvalue weighted by Crippen LogP contribution is -2.50. The van der Waals surface area contributed by atoms with Crippen LogP contribution in [-0.2, 0) is 22.4 Å². The number of aliphatic hydroxyl groups excluding tert-OH is 1. The molecule has 5 rings (SSSR count). The SMILES string of the molecule is NCC(O)CNC(=O)[C@@H](Cc1ccc2ccccc2c1)NC(=O)CCN1C(=O)c2ccccc2Cc2ccccc21. The number of anilines is 1. The third kappa shape index (κ3) is 6.62. The fourth-order valence-corrected chi connectivity index (χ4v) is 5.20. The molecule has 3 amide bonds. The number of hydrogen-bond acceptors (Lipinski definition) is 5. The summed E-state index contributed by atoms with van der Waals surface area (Å²) < 4.78 is 0. The Bertz CT molecular complexity index is 1570. The number of aliphatic hydroxyl groups is 1. The maximum absolute atomic E-state index is 13.6. The van der Waals surface area contributed by atoms with Crippen molar-refractivity contribution in [3.05, 3.63) is 113 Å². The molecule has 1 aliphatic rings. The highest BCUT2D eigenvalue weighted by atomic mass is 16.3. The molecule has 1 unspecified atom stereocenters. The van der Waals surface area contributed by atoms with Gasteiger partial charge in [-0.05, 0) is 39.6 Å². The van der Waals surface area contributed by atoms with E-state index in [0.717, 1.165) is 33.2 Å². The maximum Gasteiger partial charge on any atom is 0.258 e. The van der Waals surface area contributed by atoms with Gasteiger partial charge in [0.15, 0.2) is 0 Å². The summed E-state index contributed by atoms with van der Waals surface area (Å²) in [5, 5.41) is 17.5. The number of nitrogens with one attached hydrogen (secondary N) is 2. The molecule has 0 fully saturated rings. The summed E-state index contributed by atoms with van der Waals surface area (Å²) in [4.78, 5) is 41.6. The number of benzene rings is 4. The first-order valence-electron chi connectivity index (χ1n) is 13.8. The van der Waals surface area contributed by atoms with Crippen LogP contribution < -0.4 is 21.3 Å². The van der Waals surface area contributed by atoms with Gasteiger partial charge in [-0.25, -0.2) is 0 Å². The fraction of sp³-hybridized carbons (Fsp3) is 0.242. The van der Waals surface area contributed by atoms with E-state index in [4.69, 9.17) is 5.73 Å². The van der Waals surface area contributed by atoms with E-state index in [1.165, 1.54) is 0 Å². The highest BCUT2D eigenvalue weighted by Gasteiger charge is 2.28. The van der Waals surface area contributed by atoms with E-state index in [1.54, 1.807) is 4.90 Å². The summed E-state index contributed by atoms with van der Waals surface area (Å²) in [6, 6.07) is 28.2. The zero-order chi connectivity index (χ0) is 28.8. The van der Waals surface area contributed by atoms with Crippen LogP contribution in [0.25, 0.3) is 10.8 Å². The summed E-state index contributed by atoms with van der Waals surface area (Å²) in [6.45, 7) is 0.153. The van der Waals surface area contributed by atoms with Crippen LogP contribution in [0.5, 0.6) is 0 Å². The predicted octanol–water partition coefficient (Wildman–Crippen LogP) is 2.94. The van der Waals surface area contributed by atoms with Gasteiger partial charge in [-0.2, -0.15) is 0 Å². The van der Waals surface area contributed by atoms with Gasteiger partial charge in [0.25, 0.3) is 5.91 Å². The predicted molar refractivity (Wildman–Crippen MR) is 160 cm³/mol. The minimum Gasteiger partial charge on any atom is -0.390 e. The molecule has 210 valence electrons. The van der Waals surface area contributed by atoms with Crippen molar-refractivity contribution in [2.75, 3.05) is 24.5 Å². The van der Waals surface area contributed by atoms with Crippen molar-refractivity contribution in [3.63, 3.8) is 0 Å². The molecule has 1 heterocycles. The van der Waals surface area contributed by atoms with Crippen molar-refractivity contribution in [3.8, 4) is 0 Å². The molecule has 2 atom stereocenters. The first-order valence-corrected chi connectivity index (χ1v) is 13.8. The minimum atomic E-state index is -0.882. The van der Waals surface area contributed by atoms with E-state index < -0.39 is 18.1 Å². The standard InChI is InChI=1S/C33H34N4O4/c34-20-27(38)21-35-32(40)29(18-22-13-14-23-7-1-2-8-24(23)17-22)36-31(39)15-16-37-30-12-6-4-10-26(30)19-25-9-3-5-11-28(25)33(37)41/h1-14,17,27,29,38H,15-16,18-21,34H2,(H,35,40)(H,36,39)/t27?,29-/m1/s1. The molecule has 8 heteroatoms. The van der Waals surface area contributed by atoms with Crippen LogP contribution in [0.3, 0.4) is 0 Å². The highest BCUT2D eigenvalue weighted by molar-refractivity contribution is 6.08. The number of fused-ring (bicyclic) bond motifs is 3. The monoisotopic (exact) mass is 550 g/mol. The van der Waals surface area contributed by atoms with E-state index in [1.807, 2.05) is 91.0 Å². The lowest BCUT2D eigenvalue weighted by molar-refractivity contribution is -0.129. The average molecular weight is 551 g/mol. The van der Waals surface area contributed by atoms with E-state index in [-0.39, 0.29) is 44.3 Å². The minimum absolute atomic E-state index is 0.00909. The van der Waals surface area contributed by atoms with Gasteiger partial charge in [0.1, 0.15) is 6.04 Å². The average Bonchev–Trinajstić information content (AvgIpc) is 3.11. The quantitative estimate of drug-likeness (QED) is 0.242. The first kappa shape index (κ1) is 28.0. The second-order valence-electron chi connectivity index (χ2n) is 10.3. The molecule has 0 aromatic heterocycles. The lowest BCUT2D eigenvalue weighted by Gasteiger charge is -2.24. The van der Waals surface area contributed by atoms with Crippen LogP contribution in [0.15, 0.2) is 91.0 Å². The first-order chi connectivity index (χ1) is 19.9. The second-order valence-corrected chi connectivity index (χ2v) is 10.3. The van der Waals surface area contributed by atoms with Gasteiger partial charge in [-0.1, -0.05) is 78.9 Å². The van der Waals surface area contributed by atoms with Crippen LogP contribution in [0.1, 0.15) is 33.5 Å². The van der Waals surface area contributed by atoms with Crippen molar-refractivity contribution in [1.29, 1.82) is 0 Å². The molecule has 4 aromatic carbocycles. The molecule has 0 bridgehead atoms. The Morgan fingerprint density at radius 2 is 1.61 bits per heavy atom. The van der Waals surface area contributed by atoms with E-state index >= 15 is 0 Å². The number of carbonyl (C=O) groups is 3. The van der Waals surface area contributed by atoms with Crippen LogP contribution in [0.2, 0.25) is 0 Å². The van der Waals surface area contributed by atoms with Crippen LogP contribution in [0.4, 0.5) is 5.69 Å². The van der Waals surface area contributed by atoms with Crippen LogP contribution in [-0.4, -0.2) is 54.6 Å². The summed E-state index contributed by atoms with van der Waals surface area (Å²) in [5.41, 5.74) is 9.73.